The molecule has 1 N–H and O–H groups in total. The van der Waals surface area contributed by atoms with Crippen molar-refractivity contribution in [3.63, 3.8) is 0 Å². The molecule has 0 aromatic carbocycles. The van der Waals surface area contributed by atoms with E-state index < -0.39 is 24.2 Å². The Kier molecular flexibility index (Phi) is 8.57. The van der Waals surface area contributed by atoms with Gasteiger partial charge in [0.15, 0.2) is 0 Å². The molecule has 0 aromatic rings. The van der Waals surface area contributed by atoms with Gasteiger partial charge in [0, 0.05) is 18.1 Å². The fraction of sp³-hybridized carbons (Fsp3) is 0.625. The highest BCUT2D eigenvalue weighted by Gasteiger charge is 2.46. The Morgan fingerprint density at radius 2 is 1.71 bits per heavy atom. The molecule has 2 amide bonds. The zero-order valence-corrected chi connectivity index (χ0v) is 12.8. The Morgan fingerprint density at radius 3 is 2.12 bits per heavy atom. The van der Waals surface area contributed by atoms with Crippen LogP contribution in [0.15, 0.2) is 25.8 Å². The van der Waals surface area contributed by atoms with Crippen LogP contribution in [0.2, 0.25) is 0 Å². The average molecular weight is 350 g/mol. The summed E-state index contributed by atoms with van der Waals surface area (Å²) in [5.74, 6) is -1.92. The van der Waals surface area contributed by atoms with Gasteiger partial charge in [0.1, 0.15) is 6.61 Å². The van der Waals surface area contributed by atoms with Crippen LogP contribution in [0.5, 0.6) is 0 Å². The molecule has 8 heteroatoms. The molecular weight excluding hydrogens is 325 g/mol. The van der Waals surface area contributed by atoms with E-state index in [-0.39, 0.29) is 26.1 Å². The highest BCUT2D eigenvalue weighted by molar-refractivity contribution is 5.82. The van der Waals surface area contributed by atoms with Gasteiger partial charge in [-0.1, -0.05) is 20.1 Å². The van der Waals surface area contributed by atoms with Crippen LogP contribution in [-0.4, -0.2) is 47.8 Å². The summed E-state index contributed by atoms with van der Waals surface area (Å²) in [6, 6.07) is -0.917. The quantitative estimate of drug-likeness (QED) is 0.794. The fourth-order valence-corrected chi connectivity index (χ4v) is 3.06. The van der Waals surface area contributed by atoms with Crippen LogP contribution in [0.4, 0.5) is 18.0 Å². The third-order valence-corrected chi connectivity index (χ3v) is 3.86. The molecule has 2 rings (SSSR count). The van der Waals surface area contributed by atoms with Crippen molar-refractivity contribution in [2.24, 2.45) is 0 Å². The Bertz CT molecular complexity index is 440. The molecule has 0 spiro atoms. The van der Waals surface area contributed by atoms with E-state index in [9.17, 15) is 22.8 Å². The second kappa shape index (κ2) is 9.34. The predicted molar refractivity (Wildman–Crippen MR) is 85.4 cm³/mol. The lowest BCUT2D eigenvalue weighted by Crippen LogP contribution is -2.54. The number of ether oxygens (including phenoxy) is 1. The second-order valence-electron chi connectivity index (χ2n) is 5.30. The third kappa shape index (κ3) is 5.28. The highest BCUT2D eigenvalue weighted by atomic mass is 19.4. The molecule has 2 heterocycles. The van der Waals surface area contributed by atoms with Gasteiger partial charge in [-0.2, -0.15) is 13.2 Å². The molecule has 138 valence electrons. The molecule has 2 unspecified atom stereocenters. The van der Waals surface area contributed by atoms with E-state index >= 15 is 0 Å². The van der Waals surface area contributed by atoms with E-state index in [0.29, 0.717) is 25.7 Å². The summed E-state index contributed by atoms with van der Waals surface area (Å²) >= 11 is 0. The monoisotopic (exact) mass is 350 g/mol. The lowest BCUT2D eigenvalue weighted by molar-refractivity contribution is -0.174. The zero-order valence-electron chi connectivity index (χ0n) is 12.8. The lowest BCUT2D eigenvalue weighted by Gasteiger charge is -2.38. The molecular formula is C16H25F3N2O3. The van der Waals surface area contributed by atoms with E-state index in [2.05, 4.69) is 19.7 Å². The van der Waals surface area contributed by atoms with E-state index in [1.807, 2.05) is 5.32 Å². The van der Waals surface area contributed by atoms with E-state index in [0.717, 1.165) is 0 Å². The molecule has 0 saturated carbocycles. The van der Waals surface area contributed by atoms with Gasteiger partial charge in [-0.15, -0.1) is 13.2 Å². The average Bonchev–Trinajstić information content (AvgIpc) is 2.77. The Hall–Kier alpha value is -1.99. The summed E-state index contributed by atoms with van der Waals surface area (Å²) in [5.41, 5.74) is 0. The van der Waals surface area contributed by atoms with Gasteiger partial charge in [0.2, 0.25) is 0 Å². The number of alkyl halides is 3. The van der Waals surface area contributed by atoms with Crippen LogP contribution in [0.3, 0.4) is 0 Å². The topological polar surface area (TPSA) is 58.6 Å². The molecule has 0 aromatic heterocycles. The number of nitrogens with zero attached hydrogens (tertiary/aromatic N) is 1. The molecule has 5 nitrogen and oxygen atoms in total. The molecule has 2 atom stereocenters. The van der Waals surface area contributed by atoms with Gasteiger partial charge in [-0.3, -0.25) is 4.79 Å². The number of amides is 2. The van der Waals surface area contributed by atoms with Gasteiger partial charge in [0.25, 0.3) is 0 Å². The van der Waals surface area contributed by atoms with E-state index in [1.54, 1.807) is 4.90 Å². The Labute approximate surface area is 140 Å². The Balaban J connectivity index is 0.00000170. The van der Waals surface area contributed by atoms with Crippen molar-refractivity contribution in [2.45, 2.75) is 57.4 Å². The maximum atomic E-state index is 12.3. The normalized spacial score (nSPS) is 24.8. The summed E-state index contributed by atoms with van der Waals surface area (Å²) in [4.78, 5) is 24.4. The van der Waals surface area contributed by atoms with Gasteiger partial charge in [0.05, 0.1) is 0 Å². The first-order chi connectivity index (χ1) is 10.8. The number of rotatable bonds is 3. The van der Waals surface area contributed by atoms with Crippen LogP contribution >= 0.6 is 0 Å². The standard InChI is InChI=1S/C13H17F3N2O3.C2H4.CH4/c1-2-5-21-12(20)18-9-3-4-10(18)7-8(6-9)17-11(19)13(14,15)16;1-2;/h2,8-10H,1,3-7H2,(H,17,19);1-2H2;1H4. The van der Waals surface area contributed by atoms with Gasteiger partial charge >= 0.3 is 18.2 Å². The van der Waals surface area contributed by atoms with E-state index in [4.69, 9.17) is 4.74 Å². The minimum absolute atomic E-state index is 0. The second-order valence-corrected chi connectivity index (χ2v) is 5.30. The van der Waals surface area contributed by atoms with Gasteiger partial charge < -0.3 is 15.0 Å². The SMILES string of the molecule is C.C=C.C=CCOC(=O)N1C2CCC1CC(NC(=O)C(F)(F)F)C2. The maximum absolute atomic E-state index is 12.3. The minimum Gasteiger partial charge on any atom is -0.445 e. The van der Waals surface area contributed by atoms with Crippen LogP contribution in [0.25, 0.3) is 0 Å². The fourth-order valence-electron chi connectivity index (χ4n) is 3.06. The number of halogens is 3. The van der Waals surface area contributed by atoms with Crippen molar-refractivity contribution in [3.8, 4) is 0 Å². The summed E-state index contributed by atoms with van der Waals surface area (Å²) in [5, 5.41) is 2.00. The van der Waals surface area contributed by atoms with Crippen molar-refractivity contribution in [3.05, 3.63) is 25.8 Å². The molecule has 0 radical (unpaired) electrons. The smallest absolute Gasteiger partial charge is 0.445 e. The zero-order chi connectivity index (χ0) is 17.6. The predicted octanol–water partition coefficient (Wildman–Crippen LogP) is 3.42. The summed E-state index contributed by atoms with van der Waals surface area (Å²) in [7, 11) is 0. The van der Waals surface area contributed by atoms with E-state index in [1.165, 1.54) is 6.08 Å². The molecule has 2 bridgehead atoms. The summed E-state index contributed by atoms with van der Waals surface area (Å²) in [6.07, 6.45) is -1.82. The molecule has 2 aliphatic heterocycles. The van der Waals surface area contributed by atoms with Crippen molar-refractivity contribution in [1.82, 2.24) is 10.2 Å². The largest absolute Gasteiger partial charge is 0.471 e. The summed E-state index contributed by atoms with van der Waals surface area (Å²) in [6.45, 7) is 9.55. The number of hydrogen-bond donors (Lipinski definition) is 1. The van der Waals surface area contributed by atoms with Crippen molar-refractivity contribution in [2.75, 3.05) is 6.61 Å². The number of piperidine rings is 1. The van der Waals surface area contributed by atoms with Crippen LogP contribution in [0, 0.1) is 0 Å². The van der Waals surface area contributed by atoms with Crippen molar-refractivity contribution in [1.29, 1.82) is 0 Å². The molecule has 2 aliphatic rings. The molecule has 2 fully saturated rings. The molecule has 2 saturated heterocycles. The van der Waals surface area contributed by atoms with Crippen LogP contribution < -0.4 is 5.32 Å². The van der Waals surface area contributed by atoms with Gasteiger partial charge in [-0.05, 0) is 25.7 Å². The Morgan fingerprint density at radius 1 is 1.21 bits per heavy atom. The third-order valence-electron chi connectivity index (χ3n) is 3.86. The maximum Gasteiger partial charge on any atom is 0.471 e. The first-order valence-electron chi connectivity index (χ1n) is 7.26. The number of nitrogens with one attached hydrogen (secondary N) is 1. The number of fused-ring (bicyclic) bond motifs is 2. The van der Waals surface area contributed by atoms with Gasteiger partial charge in [-0.25, -0.2) is 4.79 Å². The van der Waals surface area contributed by atoms with Crippen LogP contribution in [-0.2, 0) is 9.53 Å². The number of hydrogen-bond acceptors (Lipinski definition) is 3. The molecule has 0 aliphatic carbocycles. The minimum atomic E-state index is -4.88. The summed E-state index contributed by atoms with van der Waals surface area (Å²) < 4.78 is 41.7. The number of carbonyl (C=O) groups excluding carboxylic acids is 2. The first-order valence-corrected chi connectivity index (χ1v) is 7.26. The van der Waals surface area contributed by atoms with Crippen LogP contribution in [0.1, 0.15) is 33.1 Å². The first kappa shape index (κ1) is 22.0. The number of carbonyl (C=O) groups is 2. The highest BCUT2D eigenvalue weighted by Crippen LogP contribution is 2.36. The molecule has 24 heavy (non-hydrogen) atoms. The van der Waals surface area contributed by atoms with Crippen molar-refractivity contribution < 1.29 is 27.5 Å². The van der Waals surface area contributed by atoms with Crippen molar-refractivity contribution >= 4 is 12.0 Å². The lowest BCUT2D eigenvalue weighted by atomic mass is 9.97.